The number of rotatable bonds is 3. The number of hydrogen-bond donors (Lipinski definition) is 1. The normalized spacial score (nSPS) is 12.2. The first-order chi connectivity index (χ1) is 9.75. The van der Waals surface area contributed by atoms with Crippen molar-refractivity contribution >= 4 is 16.9 Å². The molecule has 0 amide bonds. The Morgan fingerprint density at radius 3 is 2.55 bits per heavy atom. The van der Waals surface area contributed by atoms with Gasteiger partial charge in [-0.2, -0.15) is 0 Å². The highest BCUT2D eigenvalue weighted by Crippen LogP contribution is 2.26. The molecule has 2 aromatic carbocycles. The Morgan fingerprint density at radius 2 is 1.75 bits per heavy atom. The van der Waals surface area contributed by atoms with Gasteiger partial charge in [-0.05, 0) is 25.1 Å². The molecule has 0 aliphatic carbocycles. The van der Waals surface area contributed by atoms with Crippen molar-refractivity contribution in [1.82, 2.24) is 4.98 Å². The minimum Gasteiger partial charge on any atom is -0.454 e. The molecule has 0 fully saturated rings. The molecule has 0 bridgehead atoms. The minimum atomic E-state index is -0.302. The van der Waals surface area contributed by atoms with Crippen LogP contribution >= 0.6 is 0 Å². The first-order valence-electron chi connectivity index (χ1n) is 6.58. The van der Waals surface area contributed by atoms with E-state index in [-0.39, 0.29) is 12.1 Å². The van der Waals surface area contributed by atoms with Gasteiger partial charge in [0.15, 0.2) is 0 Å². The van der Waals surface area contributed by atoms with Crippen LogP contribution in [0.15, 0.2) is 60.8 Å². The number of esters is 1. The summed E-state index contributed by atoms with van der Waals surface area (Å²) in [5.74, 6) is -0.302. The van der Waals surface area contributed by atoms with Gasteiger partial charge in [0, 0.05) is 22.7 Å². The molecule has 0 saturated heterocycles. The number of carbonyl (C=O) groups excluding carboxylic acids is 1. The number of ether oxygens (including phenoxy) is 1. The molecule has 0 spiro atoms. The summed E-state index contributed by atoms with van der Waals surface area (Å²) in [5.41, 5.74) is 2.61. The van der Waals surface area contributed by atoms with E-state index < -0.39 is 0 Å². The SMILES string of the molecule is CC(OC(=O)c1ccccc1)c1c[nH]c2ccccc12. The highest BCUT2D eigenvalue weighted by atomic mass is 16.5. The molecule has 1 N–H and O–H groups in total. The van der Waals surface area contributed by atoms with Gasteiger partial charge in [0.2, 0.25) is 0 Å². The third kappa shape index (κ3) is 2.30. The molecule has 3 heteroatoms. The van der Waals surface area contributed by atoms with Crippen molar-refractivity contribution < 1.29 is 9.53 Å². The van der Waals surface area contributed by atoms with Crippen molar-refractivity contribution in [2.45, 2.75) is 13.0 Å². The predicted octanol–water partition coefficient (Wildman–Crippen LogP) is 4.09. The molecule has 1 heterocycles. The molecular weight excluding hydrogens is 250 g/mol. The third-order valence-corrected chi connectivity index (χ3v) is 3.35. The molecule has 1 unspecified atom stereocenters. The van der Waals surface area contributed by atoms with Crippen LogP contribution in [0.25, 0.3) is 10.9 Å². The Labute approximate surface area is 117 Å². The highest BCUT2D eigenvalue weighted by molar-refractivity contribution is 5.90. The van der Waals surface area contributed by atoms with E-state index in [4.69, 9.17) is 4.74 Å². The maximum Gasteiger partial charge on any atom is 0.338 e. The lowest BCUT2D eigenvalue weighted by molar-refractivity contribution is 0.0341. The first kappa shape index (κ1) is 12.5. The summed E-state index contributed by atoms with van der Waals surface area (Å²) in [5, 5.41) is 1.08. The van der Waals surface area contributed by atoms with Crippen LogP contribution in [0.4, 0.5) is 0 Å². The van der Waals surface area contributed by atoms with Crippen LogP contribution in [0.5, 0.6) is 0 Å². The molecule has 0 aliphatic rings. The number of fused-ring (bicyclic) bond motifs is 1. The zero-order valence-electron chi connectivity index (χ0n) is 11.2. The first-order valence-corrected chi connectivity index (χ1v) is 6.58. The number of aromatic amines is 1. The fraction of sp³-hybridized carbons (Fsp3) is 0.118. The Balaban J connectivity index is 1.83. The van der Waals surface area contributed by atoms with E-state index in [1.165, 1.54) is 0 Å². The molecule has 0 saturated carbocycles. The van der Waals surface area contributed by atoms with Gasteiger partial charge < -0.3 is 9.72 Å². The Bertz CT molecular complexity index is 731. The lowest BCUT2D eigenvalue weighted by Gasteiger charge is -2.12. The van der Waals surface area contributed by atoms with Gasteiger partial charge in [-0.25, -0.2) is 4.79 Å². The van der Waals surface area contributed by atoms with Crippen LogP contribution in [0, 0.1) is 0 Å². The molecule has 1 atom stereocenters. The van der Waals surface area contributed by atoms with Crippen LogP contribution in [0.2, 0.25) is 0 Å². The second-order valence-corrected chi connectivity index (χ2v) is 4.70. The summed E-state index contributed by atoms with van der Waals surface area (Å²) in [6, 6.07) is 17.0. The van der Waals surface area contributed by atoms with Gasteiger partial charge in [-0.1, -0.05) is 36.4 Å². The van der Waals surface area contributed by atoms with E-state index in [1.54, 1.807) is 12.1 Å². The third-order valence-electron chi connectivity index (χ3n) is 3.35. The number of aromatic nitrogens is 1. The summed E-state index contributed by atoms with van der Waals surface area (Å²) in [6.07, 6.45) is 1.60. The van der Waals surface area contributed by atoms with Crippen LogP contribution in [-0.2, 0) is 4.74 Å². The van der Waals surface area contributed by atoms with E-state index in [9.17, 15) is 4.79 Å². The monoisotopic (exact) mass is 265 g/mol. The summed E-state index contributed by atoms with van der Waals surface area (Å²) >= 11 is 0. The molecule has 0 radical (unpaired) electrons. The standard InChI is InChI=1S/C17H15NO2/c1-12(20-17(19)13-7-3-2-4-8-13)15-11-18-16-10-6-5-9-14(15)16/h2-12,18H,1H3. The molecule has 3 aromatic rings. The molecule has 0 aliphatic heterocycles. The number of H-pyrrole nitrogens is 1. The Kier molecular flexibility index (Phi) is 3.25. The number of para-hydroxylation sites is 1. The van der Waals surface area contributed by atoms with Crippen LogP contribution in [0.3, 0.4) is 0 Å². The van der Waals surface area contributed by atoms with Gasteiger partial charge >= 0.3 is 5.97 Å². The zero-order chi connectivity index (χ0) is 13.9. The van der Waals surface area contributed by atoms with Crippen molar-refractivity contribution in [2.24, 2.45) is 0 Å². The molecule has 1 aromatic heterocycles. The summed E-state index contributed by atoms with van der Waals surface area (Å²) in [6.45, 7) is 1.89. The largest absolute Gasteiger partial charge is 0.454 e. The summed E-state index contributed by atoms with van der Waals surface area (Å²) in [7, 11) is 0. The molecule has 20 heavy (non-hydrogen) atoms. The van der Waals surface area contributed by atoms with Gasteiger partial charge in [0.05, 0.1) is 5.56 Å². The Hall–Kier alpha value is -2.55. The number of benzene rings is 2. The van der Waals surface area contributed by atoms with E-state index in [2.05, 4.69) is 4.98 Å². The second kappa shape index (κ2) is 5.21. The quantitative estimate of drug-likeness (QED) is 0.725. The van der Waals surface area contributed by atoms with Gasteiger partial charge in [0.1, 0.15) is 6.10 Å². The van der Waals surface area contributed by atoms with Crippen molar-refractivity contribution in [3.05, 3.63) is 71.9 Å². The fourth-order valence-corrected chi connectivity index (χ4v) is 2.30. The zero-order valence-corrected chi connectivity index (χ0v) is 11.2. The van der Waals surface area contributed by atoms with Gasteiger partial charge in [0.25, 0.3) is 0 Å². The van der Waals surface area contributed by atoms with E-state index in [1.807, 2.05) is 55.6 Å². The van der Waals surface area contributed by atoms with E-state index >= 15 is 0 Å². The average Bonchev–Trinajstić information content (AvgIpc) is 2.92. The lowest BCUT2D eigenvalue weighted by Crippen LogP contribution is -2.08. The van der Waals surface area contributed by atoms with Crippen molar-refractivity contribution in [3.63, 3.8) is 0 Å². The molecule has 3 nitrogen and oxygen atoms in total. The minimum absolute atomic E-state index is 0.293. The van der Waals surface area contributed by atoms with Crippen molar-refractivity contribution in [2.75, 3.05) is 0 Å². The molecule has 100 valence electrons. The summed E-state index contributed by atoms with van der Waals surface area (Å²) < 4.78 is 5.53. The van der Waals surface area contributed by atoms with E-state index in [0.717, 1.165) is 16.5 Å². The average molecular weight is 265 g/mol. The van der Waals surface area contributed by atoms with Crippen LogP contribution in [0.1, 0.15) is 28.9 Å². The van der Waals surface area contributed by atoms with Crippen molar-refractivity contribution in [1.29, 1.82) is 0 Å². The molecular formula is C17H15NO2. The maximum atomic E-state index is 12.1. The van der Waals surface area contributed by atoms with Crippen molar-refractivity contribution in [3.8, 4) is 0 Å². The van der Waals surface area contributed by atoms with Gasteiger partial charge in [-0.15, -0.1) is 0 Å². The smallest absolute Gasteiger partial charge is 0.338 e. The van der Waals surface area contributed by atoms with Crippen LogP contribution in [-0.4, -0.2) is 11.0 Å². The summed E-state index contributed by atoms with van der Waals surface area (Å²) in [4.78, 5) is 15.2. The Morgan fingerprint density at radius 1 is 1.05 bits per heavy atom. The topological polar surface area (TPSA) is 42.1 Å². The lowest BCUT2D eigenvalue weighted by atomic mass is 10.1. The number of carbonyl (C=O) groups is 1. The van der Waals surface area contributed by atoms with Gasteiger partial charge in [-0.3, -0.25) is 0 Å². The fourth-order valence-electron chi connectivity index (χ4n) is 2.30. The van der Waals surface area contributed by atoms with Crippen LogP contribution < -0.4 is 0 Å². The highest BCUT2D eigenvalue weighted by Gasteiger charge is 2.16. The number of nitrogens with one attached hydrogen (secondary N) is 1. The maximum absolute atomic E-state index is 12.1. The second-order valence-electron chi connectivity index (χ2n) is 4.70. The predicted molar refractivity (Wildman–Crippen MR) is 78.6 cm³/mol. The van der Waals surface area contributed by atoms with E-state index in [0.29, 0.717) is 5.56 Å². The molecule has 3 rings (SSSR count). The number of hydrogen-bond acceptors (Lipinski definition) is 2.